The van der Waals surface area contributed by atoms with Crippen LogP contribution in [-0.2, 0) is 0 Å². The molecule has 0 saturated heterocycles. The molecule has 0 radical (unpaired) electrons. The van der Waals surface area contributed by atoms with Crippen molar-refractivity contribution in [2.75, 3.05) is 7.05 Å². The van der Waals surface area contributed by atoms with Crippen LogP contribution in [0.15, 0.2) is 0 Å². The van der Waals surface area contributed by atoms with E-state index in [2.05, 4.69) is 47.0 Å². The van der Waals surface area contributed by atoms with Crippen LogP contribution >= 0.6 is 0 Å². The van der Waals surface area contributed by atoms with Gasteiger partial charge in [0.25, 0.3) is 0 Å². The maximum absolute atomic E-state index is 3.56. The third kappa shape index (κ3) is 5.48. The van der Waals surface area contributed by atoms with Gasteiger partial charge in [-0.05, 0) is 80.6 Å². The maximum Gasteiger partial charge on any atom is 0.00898 e. The summed E-state index contributed by atoms with van der Waals surface area (Å²) < 4.78 is 0. The maximum atomic E-state index is 3.56. The molecular formula is C23H45N. The molecule has 142 valence electrons. The van der Waals surface area contributed by atoms with Gasteiger partial charge in [-0.1, -0.05) is 60.3 Å². The molecule has 0 bridgehead atoms. The van der Waals surface area contributed by atoms with Crippen LogP contribution in [0.3, 0.4) is 0 Å². The lowest BCUT2D eigenvalue weighted by atomic mass is 9.74. The fourth-order valence-corrected chi connectivity index (χ4v) is 6.17. The van der Waals surface area contributed by atoms with Crippen molar-refractivity contribution in [2.45, 2.75) is 111 Å². The van der Waals surface area contributed by atoms with Gasteiger partial charge >= 0.3 is 0 Å². The first-order valence-corrected chi connectivity index (χ1v) is 11.0. The molecule has 0 aromatic rings. The van der Waals surface area contributed by atoms with Crippen molar-refractivity contribution in [2.24, 2.45) is 28.6 Å². The van der Waals surface area contributed by atoms with Gasteiger partial charge < -0.3 is 5.32 Å². The minimum atomic E-state index is 0.595. The molecule has 1 heteroatoms. The Labute approximate surface area is 152 Å². The monoisotopic (exact) mass is 335 g/mol. The van der Waals surface area contributed by atoms with Gasteiger partial charge in [0.15, 0.2) is 0 Å². The van der Waals surface area contributed by atoms with Crippen LogP contribution in [0.25, 0.3) is 0 Å². The first kappa shape index (κ1) is 20.3. The summed E-state index contributed by atoms with van der Waals surface area (Å²) in [6.45, 7) is 12.4. The first-order valence-electron chi connectivity index (χ1n) is 11.0. The molecule has 0 spiro atoms. The number of hydrogen-bond donors (Lipinski definition) is 1. The molecule has 2 saturated carbocycles. The lowest BCUT2D eigenvalue weighted by molar-refractivity contribution is 0.194. The van der Waals surface area contributed by atoms with Crippen molar-refractivity contribution >= 4 is 0 Å². The van der Waals surface area contributed by atoms with Crippen LogP contribution in [-0.4, -0.2) is 13.1 Å². The SMILES string of the molecule is CCC(CCCC1(C)CCCC(NC)[C@H](C)C1)C1CCC(C)(C)C1. The highest BCUT2D eigenvalue weighted by Gasteiger charge is 2.36. The summed E-state index contributed by atoms with van der Waals surface area (Å²) >= 11 is 0. The highest BCUT2D eigenvalue weighted by atomic mass is 14.9. The molecule has 4 unspecified atom stereocenters. The van der Waals surface area contributed by atoms with Crippen LogP contribution < -0.4 is 5.32 Å². The van der Waals surface area contributed by atoms with E-state index in [9.17, 15) is 0 Å². The van der Waals surface area contributed by atoms with Gasteiger partial charge in [0.1, 0.15) is 0 Å². The molecule has 2 fully saturated rings. The third-order valence-corrected chi connectivity index (χ3v) is 7.72. The van der Waals surface area contributed by atoms with Crippen molar-refractivity contribution in [1.29, 1.82) is 0 Å². The molecule has 0 heterocycles. The smallest absolute Gasteiger partial charge is 0.00898 e. The molecule has 0 aromatic heterocycles. The molecule has 2 rings (SSSR count). The highest BCUT2D eigenvalue weighted by Crippen LogP contribution is 2.47. The zero-order chi connectivity index (χ0) is 17.8. The van der Waals surface area contributed by atoms with Crippen molar-refractivity contribution in [3.05, 3.63) is 0 Å². The molecule has 5 atom stereocenters. The van der Waals surface area contributed by atoms with Crippen molar-refractivity contribution < 1.29 is 0 Å². The fourth-order valence-electron chi connectivity index (χ4n) is 6.17. The second kappa shape index (κ2) is 8.56. The van der Waals surface area contributed by atoms with E-state index in [-0.39, 0.29) is 0 Å². The molecule has 0 aromatic carbocycles. The molecular weight excluding hydrogens is 290 g/mol. The Hall–Kier alpha value is -0.0400. The molecule has 1 nitrogen and oxygen atoms in total. The molecule has 2 aliphatic rings. The summed E-state index contributed by atoms with van der Waals surface area (Å²) in [5, 5.41) is 3.56. The number of nitrogens with one attached hydrogen (secondary N) is 1. The zero-order valence-electron chi connectivity index (χ0n) is 17.6. The van der Waals surface area contributed by atoms with Gasteiger partial charge in [-0.3, -0.25) is 0 Å². The summed E-state index contributed by atoms with van der Waals surface area (Å²) in [6.07, 6.45) is 15.9. The fraction of sp³-hybridized carbons (Fsp3) is 1.00. The van der Waals surface area contributed by atoms with Crippen LogP contribution in [0.2, 0.25) is 0 Å². The quantitative estimate of drug-likeness (QED) is 0.504. The Kier molecular flexibility index (Phi) is 7.23. The van der Waals surface area contributed by atoms with Gasteiger partial charge in [-0.2, -0.15) is 0 Å². The predicted octanol–water partition coefficient (Wildman–Crippen LogP) is 6.81. The van der Waals surface area contributed by atoms with Crippen LogP contribution in [0, 0.1) is 28.6 Å². The summed E-state index contributed by atoms with van der Waals surface area (Å²) in [6, 6.07) is 0.746. The predicted molar refractivity (Wildman–Crippen MR) is 107 cm³/mol. The second-order valence-electron chi connectivity index (χ2n) is 10.5. The lowest BCUT2D eigenvalue weighted by Gasteiger charge is -2.32. The van der Waals surface area contributed by atoms with E-state index < -0.39 is 0 Å². The van der Waals surface area contributed by atoms with Crippen molar-refractivity contribution in [1.82, 2.24) is 5.32 Å². The normalized spacial score (nSPS) is 38.0. The minimum absolute atomic E-state index is 0.595. The van der Waals surface area contributed by atoms with Crippen molar-refractivity contribution in [3.8, 4) is 0 Å². The highest BCUT2D eigenvalue weighted by molar-refractivity contribution is 4.88. The van der Waals surface area contributed by atoms with E-state index in [1.165, 1.54) is 70.6 Å². The van der Waals surface area contributed by atoms with Crippen LogP contribution in [0.1, 0.15) is 105 Å². The Morgan fingerprint density at radius 2 is 1.83 bits per heavy atom. The van der Waals surface area contributed by atoms with E-state index in [0.29, 0.717) is 10.8 Å². The van der Waals surface area contributed by atoms with Crippen LogP contribution in [0.5, 0.6) is 0 Å². The van der Waals surface area contributed by atoms with Gasteiger partial charge in [0.05, 0.1) is 0 Å². The summed E-state index contributed by atoms with van der Waals surface area (Å²) in [5.41, 5.74) is 1.21. The summed E-state index contributed by atoms with van der Waals surface area (Å²) in [4.78, 5) is 0. The van der Waals surface area contributed by atoms with E-state index in [1.807, 2.05) is 0 Å². The molecule has 0 amide bonds. The Bertz CT molecular complexity index is 374. The minimum Gasteiger partial charge on any atom is -0.317 e. The van der Waals surface area contributed by atoms with E-state index in [4.69, 9.17) is 0 Å². The standard InChI is InChI=1S/C23H45N/c1-7-19(20-12-15-22(3,4)17-20)10-8-13-23(5)14-9-11-21(24-6)18(2)16-23/h18-21,24H,7-17H2,1-6H3/t18-,19?,20?,21?,23?/m1/s1. The first-order chi connectivity index (χ1) is 11.3. The zero-order valence-corrected chi connectivity index (χ0v) is 17.6. The van der Waals surface area contributed by atoms with E-state index >= 15 is 0 Å². The topological polar surface area (TPSA) is 12.0 Å². The van der Waals surface area contributed by atoms with Crippen molar-refractivity contribution in [3.63, 3.8) is 0 Å². The van der Waals surface area contributed by atoms with Gasteiger partial charge in [-0.15, -0.1) is 0 Å². The summed E-state index contributed by atoms with van der Waals surface area (Å²) in [5.74, 6) is 2.84. The van der Waals surface area contributed by atoms with Crippen LogP contribution in [0.4, 0.5) is 0 Å². The number of rotatable bonds is 7. The lowest BCUT2D eigenvalue weighted by Crippen LogP contribution is -2.32. The average molecular weight is 336 g/mol. The number of hydrogen-bond acceptors (Lipinski definition) is 1. The Balaban J connectivity index is 1.81. The van der Waals surface area contributed by atoms with E-state index in [1.54, 1.807) is 0 Å². The van der Waals surface area contributed by atoms with E-state index in [0.717, 1.165) is 23.8 Å². The van der Waals surface area contributed by atoms with Gasteiger partial charge in [0.2, 0.25) is 0 Å². The average Bonchev–Trinajstić information content (AvgIpc) is 2.80. The Morgan fingerprint density at radius 3 is 2.42 bits per heavy atom. The summed E-state index contributed by atoms with van der Waals surface area (Å²) in [7, 11) is 2.15. The molecule has 2 aliphatic carbocycles. The Morgan fingerprint density at radius 1 is 1.08 bits per heavy atom. The molecule has 1 N–H and O–H groups in total. The third-order valence-electron chi connectivity index (χ3n) is 7.72. The van der Waals surface area contributed by atoms with Gasteiger partial charge in [-0.25, -0.2) is 0 Å². The van der Waals surface area contributed by atoms with Gasteiger partial charge in [0, 0.05) is 6.04 Å². The largest absolute Gasteiger partial charge is 0.317 e. The second-order valence-corrected chi connectivity index (χ2v) is 10.5. The molecule has 24 heavy (non-hydrogen) atoms. The molecule has 0 aliphatic heterocycles.